The number of rotatable bonds is 4. The van der Waals surface area contributed by atoms with Crippen LogP contribution in [-0.4, -0.2) is 37.6 Å². The fraction of sp³-hybridized carbons (Fsp3) is 0.286. The van der Waals surface area contributed by atoms with Crippen molar-refractivity contribution in [2.75, 3.05) is 12.8 Å². The van der Waals surface area contributed by atoms with Crippen LogP contribution < -0.4 is 10.5 Å². The summed E-state index contributed by atoms with van der Waals surface area (Å²) in [6, 6.07) is 10.9. The van der Waals surface area contributed by atoms with Gasteiger partial charge in [-0.3, -0.25) is 4.90 Å². The molecule has 1 aliphatic rings. The van der Waals surface area contributed by atoms with E-state index < -0.39 is 0 Å². The normalized spacial score (nSPS) is 15.1. The number of aromatic nitrogens is 4. The monoisotopic (exact) mass is 392 g/mol. The maximum atomic E-state index is 13.5. The fourth-order valence-electron chi connectivity index (χ4n) is 4.01. The molecule has 0 spiro atoms. The molecule has 29 heavy (non-hydrogen) atoms. The number of methoxy groups -OCH3 is 1. The molecule has 8 heteroatoms. The van der Waals surface area contributed by atoms with Crippen molar-refractivity contribution in [3.63, 3.8) is 0 Å². The third-order valence-corrected chi connectivity index (χ3v) is 5.57. The molecule has 2 aromatic heterocycles. The molecule has 0 amide bonds. The average Bonchev–Trinajstić information content (AvgIpc) is 3.32. The molecule has 148 valence electrons. The van der Waals surface area contributed by atoms with Gasteiger partial charge in [-0.1, -0.05) is 12.1 Å². The number of nitrogens with two attached hydrogens (primary N) is 1. The van der Waals surface area contributed by atoms with E-state index in [0.717, 1.165) is 24.0 Å². The standard InChI is InChI=1S/C21H21FN6O/c1-12(27-10-13-6-7-15(22)9-14(13)11-27)8-18-24-20-16-4-3-5-17(29-2)19(16)25-21(23)28(20)26-18/h3-7,9,12H,8,10-11H2,1-2H3,(H2,23,25). The lowest BCUT2D eigenvalue weighted by molar-refractivity contribution is 0.209. The molecule has 0 bridgehead atoms. The number of ether oxygens (including phenoxy) is 1. The van der Waals surface area contributed by atoms with Crippen molar-refractivity contribution in [1.29, 1.82) is 0 Å². The van der Waals surface area contributed by atoms with Crippen molar-refractivity contribution in [2.24, 2.45) is 0 Å². The van der Waals surface area contributed by atoms with Gasteiger partial charge >= 0.3 is 0 Å². The second-order valence-electron chi connectivity index (χ2n) is 7.46. The Morgan fingerprint density at radius 1 is 1.17 bits per heavy atom. The van der Waals surface area contributed by atoms with Gasteiger partial charge in [-0.15, -0.1) is 5.10 Å². The number of fused-ring (bicyclic) bond motifs is 4. The molecule has 2 N–H and O–H groups in total. The minimum absolute atomic E-state index is 0.189. The van der Waals surface area contributed by atoms with E-state index in [0.29, 0.717) is 29.2 Å². The van der Waals surface area contributed by atoms with Crippen LogP contribution in [0.15, 0.2) is 36.4 Å². The van der Waals surface area contributed by atoms with Gasteiger partial charge in [-0.25, -0.2) is 14.4 Å². The summed E-state index contributed by atoms with van der Waals surface area (Å²) in [6.07, 6.45) is 0.656. The highest BCUT2D eigenvalue weighted by atomic mass is 19.1. The number of hydrogen-bond acceptors (Lipinski definition) is 6. The first-order valence-corrected chi connectivity index (χ1v) is 9.52. The van der Waals surface area contributed by atoms with E-state index in [1.165, 1.54) is 11.6 Å². The Labute approximate surface area is 166 Å². The van der Waals surface area contributed by atoms with E-state index in [9.17, 15) is 4.39 Å². The van der Waals surface area contributed by atoms with Gasteiger partial charge in [0.2, 0.25) is 5.95 Å². The smallest absolute Gasteiger partial charge is 0.223 e. The predicted molar refractivity (Wildman–Crippen MR) is 108 cm³/mol. The van der Waals surface area contributed by atoms with E-state index in [4.69, 9.17) is 15.5 Å². The van der Waals surface area contributed by atoms with Gasteiger partial charge in [0.15, 0.2) is 11.5 Å². The van der Waals surface area contributed by atoms with Crippen molar-refractivity contribution in [3.05, 3.63) is 59.2 Å². The van der Waals surface area contributed by atoms with E-state index in [2.05, 4.69) is 21.9 Å². The first kappa shape index (κ1) is 17.8. The number of nitrogen functional groups attached to an aromatic ring is 1. The maximum Gasteiger partial charge on any atom is 0.223 e. The predicted octanol–water partition coefficient (Wildman–Crippen LogP) is 2.95. The first-order valence-electron chi connectivity index (χ1n) is 9.52. The number of hydrogen-bond donors (Lipinski definition) is 1. The zero-order valence-electron chi connectivity index (χ0n) is 16.3. The molecular formula is C21H21FN6O. The van der Waals surface area contributed by atoms with Crippen LogP contribution in [0, 0.1) is 5.82 Å². The molecular weight excluding hydrogens is 371 g/mol. The quantitative estimate of drug-likeness (QED) is 0.575. The summed E-state index contributed by atoms with van der Waals surface area (Å²) < 4.78 is 20.5. The van der Waals surface area contributed by atoms with E-state index >= 15 is 0 Å². The summed E-state index contributed by atoms with van der Waals surface area (Å²) in [4.78, 5) is 11.5. The van der Waals surface area contributed by atoms with Crippen LogP contribution in [0.2, 0.25) is 0 Å². The van der Waals surface area contributed by atoms with Crippen molar-refractivity contribution >= 4 is 22.5 Å². The molecule has 5 rings (SSSR count). The summed E-state index contributed by atoms with van der Waals surface area (Å²) in [5.41, 5.74) is 9.69. The van der Waals surface area contributed by atoms with Crippen LogP contribution in [0.4, 0.5) is 10.3 Å². The molecule has 3 heterocycles. The summed E-state index contributed by atoms with van der Waals surface area (Å²) in [5, 5.41) is 5.42. The van der Waals surface area contributed by atoms with Gasteiger partial charge in [-0.05, 0) is 42.3 Å². The topological polar surface area (TPSA) is 81.6 Å². The number of anilines is 1. The zero-order chi connectivity index (χ0) is 20.1. The first-order chi connectivity index (χ1) is 14.0. The highest BCUT2D eigenvalue weighted by Gasteiger charge is 2.25. The van der Waals surface area contributed by atoms with Gasteiger partial charge in [-0.2, -0.15) is 4.52 Å². The summed E-state index contributed by atoms with van der Waals surface area (Å²) in [6.45, 7) is 3.66. The van der Waals surface area contributed by atoms with E-state index in [1.54, 1.807) is 17.7 Å². The highest BCUT2D eigenvalue weighted by Crippen LogP contribution is 2.29. The second-order valence-corrected chi connectivity index (χ2v) is 7.46. The maximum absolute atomic E-state index is 13.5. The summed E-state index contributed by atoms with van der Waals surface area (Å²) in [7, 11) is 1.60. The van der Waals surface area contributed by atoms with Crippen LogP contribution in [0.5, 0.6) is 5.75 Å². The number of halogens is 1. The molecule has 2 aromatic carbocycles. The van der Waals surface area contributed by atoms with Crippen LogP contribution in [0.3, 0.4) is 0 Å². The number of para-hydroxylation sites is 1. The van der Waals surface area contributed by atoms with Gasteiger partial charge in [0.1, 0.15) is 17.1 Å². The van der Waals surface area contributed by atoms with Gasteiger partial charge in [0, 0.05) is 30.9 Å². The number of nitrogens with zero attached hydrogens (tertiary/aromatic N) is 5. The summed E-state index contributed by atoms with van der Waals surface area (Å²) >= 11 is 0. The molecule has 1 aliphatic heterocycles. The van der Waals surface area contributed by atoms with Crippen molar-refractivity contribution in [2.45, 2.75) is 32.5 Å². The third kappa shape index (κ3) is 2.96. The Morgan fingerprint density at radius 2 is 2.00 bits per heavy atom. The highest BCUT2D eigenvalue weighted by molar-refractivity contribution is 5.95. The van der Waals surface area contributed by atoms with Crippen LogP contribution in [0.1, 0.15) is 23.9 Å². The second kappa shape index (κ2) is 6.66. The lowest BCUT2D eigenvalue weighted by atomic mass is 10.1. The van der Waals surface area contributed by atoms with Gasteiger partial charge in [0.25, 0.3) is 0 Å². The SMILES string of the molecule is COc1cccc2c1nc(N)n1nc(CC(C)N3Cc4ccc(F)cc4C3)nc21. The van der Waals surface area contributed by atoms with Crippen molar-refractivity contribution in [1.82, 2.24) is 24.5 Å². The van der Waals surface area contributed by atoms with Crippen LogP contribution >= 0.6 is 0 Å². The largest absolute Gasteiger partial charge is 0.494 e. The lowest BCUT2D eigenvalue weighted by Gasteiger charge is -2.22. The molecule has 0 radical (unpaired) electrons. The molecule has 1 atom stereocenters. The van der Waals surface area contributed by atoms with E-state index in [1.807, 2.05) is 24.3 Å². The van der Waals surface area contributed by atoms with Crippen LogP contribution in [-0.2, 0) is 19.5 Å². The Balaban J connectivity index is 1.45. The Hall–Kier alpha value is -3.26. The van der Waals surface area contributed by atoms with Crippen molar-refractivity contribution < 1.29 is 9.13 Å². The fourth-order valence-corrected chi connectivity index (χ4v) is 4.01. The average molecular weight is 392 g/mol. The Kier molecular flexibility index (Phi) is 4.09. The molecule has 0 aliphatic carbocycles. The van der Waals surface area contributed by atoms with E-state index in [-0.39, 0.29) is 17.8 Å². The Morgan fingerprint density at radius 3 is 2.83 bits per heavy atom. The molecule has 0 saturated carbocycles. The number of benzene rings is 2. The van der Waals surface area contributed by atoms with Crippen LogP contribution in [0.25, 0.3) is 16.6 Å². The minimum Gasteiger partial charge on any atom is -0.494 e. The third-order valence-electron chi connectivity index (χ3n) is 5.57. The molecule has 0 saturated heterocycles. The van der Waals surface area contributed by atoms with Gasteiger partial charge < -0.3 is 10.5 Å². The molecule has 0 fully saturated rings. The zero-order valence-corrected chi connectivity index (χ0v) is 16.3. The molecule has 4 aromatic rings. The lowest BCUT2D eigenvalue weighted by Crippen LogP contribution is -2.30. The van der Waals surface area contributed by atoms with Crippen molar-refractivity contribution in [3.8, 4) is 5.75 Å². The van der Waals surface area contributed by atoms with Gasteiger partial charge in [0.05, 0.1) is 7.11 Å². The summed E-state index contributed by atoms with van der Waals surface area (Å²) in [5.74, 6) is 1.43. The molecule has 1 unspecified atom stereocenters. The minimum atomic E-state index is -0.189. The Bertz CT molecular complexity index is 1240. The molecule has 7 nitrogen and oxygen atoms in total.